The van der Waals surface area contributed by atoms with Gasteiger partial charge in [0.2, 0.25) is 0 Å². The van der Waals surface area contributed by atoms with Crippen LogP contribution in [-0.2, 0) is 0 Å². The summed E-state index contributed by atoms with van der Waals surface area (Å²) in [5.41, 5.74) is 0. The van der Waals surface area contributed by atoms with Crippen molar-refractivity contribution in [1.82, 2.24) is 0 Å². The van der Waals surface area contributed by atoms with Crippen molar-refractivity contribution in [1.29, 1.82) is 0 Å². The van der Waals surface area contributed by atoms with Gasteiger partial charge in [-0.25, -0.2) is 0 Å². The van der Waals surface area contributed by atoms with E-state index in [1.807, 2.05) is 0 Å². The van der Waals surface area contributed by atoms with Gasteiger partial charge in [-0.3, -0.25) is 0 Å². The Morgan fingerprint density at radius 3 is 0.400 bits per heavy atom. The Labute approximate surface area is 369 Å². The number of hydrogen-bond acceptors (Lipinski definition) is 0. The lowest BCUT2D eigenvalue weighted by Crippen LogP contribution is -2.50. The van der Waals surface area contributed by atoms with Crippen LogP contribution in [0.2, 0.25) is 0 Å². The zero-order valence-corrected chi connectivity index (χ0v) is 42.7. The smallest absolute Gasteiger partial charge is 0.0786 e. The summed E-state index contributed by atoms with van der Waals surface area (Å²) < 4.78 is 2.93. The summed E-state index contributed by atoms with van der Waals surface area (Å²) in [6.07, 6.45) is 51.6. The summed E-state index contributed by atoms with van der Waals surface area (Å²) in [5.74, 6) is 0. The number of hydrogen-bond donors (Lipinski definition) is 0. The number of unbranched alkanes of at least 4 members (excludes halogenated alkanes) is 28. The SMILES string of the molecule is CCCCCCC[N+](CCCCCCC)(CCCCCCC)CCCCCCC.CCCCCC[N+](CCCCCC)(CCCCCC)CCCCCC.I. The van der Waals surface area contributed by atoms with E-state index in [2.05, 4.69) is 55.4 Å². The molecule has 0 saturated carbocycles. The van der Waals surface area contributed by atoms with Gasteiger partial charge in [0, 0.05) is 0 Å². The second kappa shape index (κ2) is 49.0. The highest BCUT2D eigenvalue weighted by Crippen LogP contribution is 2.22. The van der Waals surface area contributed by atoms with Crippen LogP contribution in [0, 0.1) is 0 Å². The Morgan fingerprint density at radius 1 is 0.164 bits per heavy atom. The molecule has 0 atom stereocenters. The van der Waals surface area contributed by atoms with Gasteiger partial charge in [0.05, 0.1) is 52.4 Å². The first-order chi connectivity index (χ1) is 26.5. The molecule has 0 amide bonds. The minimum absolute atomic E-state index is 0. The van der Waals surface area contributed by atoms with Crippen LogP contribution in [-0.4, -0.2) is 61.3 Å². The number of nitrogens with zero attached hydrogens (tertiary/aromatic N) is 2. The molecule has 2 nitrogen and oxygen atoms in total. The van der Waals surface area contributed by atoms with Gasteiger partial charge in [-0.2, -0.15) is 0 Å². The highest BCUT2D eigenvalue weighted by atomic mass is 127. The molecule has 0 fully saturated rings. The molecule has 0 aliphatic rings. The van der Waals surface area contributed by atoms with Crippen LogP contribution < -0.4 is 0 Å². The molecule has 0 radical (unpaired) electrons. The monoisotopic (exact) mass is 893 g/mol. The highest BCUT2D eigenvalue weighted by Gasteiger charge is 2.27. The summed E-state index contributed by atoms with van der Waals surface area (Å²) in [6, 6.07) is 0. The molecule has 3 heteroatoms. The fourth-order valence-electron chi connectivity index (χ4n) is 9.04. The third-order valence-corrected chi connectivity index (χ3v) is 12.9. The maximum atomic E-state index is 2.34. The van der Waals surface area contributed by atoms with Crippen LogP contribution >= 0.6 is 24.0 Å². The molecule has 0 aromatic heterocycles. The van der Waals surface area contributed by atoms with Crippen molar-refractivity contribution in [3.8, 4) is 0 Å². The molecule has 0 heterocycles. The van der Waals surface area contributed by atoms with Crippen LogP contribution in [0.15, 0.2) is 0 Å². The fourth-order valence-corrected chi connectivity index (χ4v) is 9.04. The number of rotatable bonds is 44. The van der Waals surface area contributed by atoms with Gasteiger partial charge in [-0.05, 0) is 103 Å². The van der Waals surface area contributed by atoms with Crippen LogP contribution in [0.4, 0.5) is 0 Å². The molecule has 0 N–H and O–H groups in total. The van der Waals surface area contributed by atoms with E-state index in [9.17, 15) is 0 Å². The van der Waals surface area contributed by atoms with Gasteiger partial charge in [0.1, 0.15) is 0 Å². The zero-order chi connectivity index (χ0) is 40.1. The summed E-state index contributed by atoms with van der Waals surface area (Å²) in [7, 11) is 0. The van der Waals surface area contributed by atoms with Crippen molar-refractivity contribution in [2.75, 3.05) is 52.4 Å². The summed E-state index contributed by atoms with van der Waals surface area (Å²) in [5, 5.41) is 0. The van der Waals surface area contributed by atoms with E-state index in [0.29, 0.717) is 0 Å². The van der Waals surface area contributed by atoms with E-state index in [0.717, 1.165) is 0 Å². The number of halogens is 1. The van der Waals surface area contributed by atoms with Gasteiger partial charge >= 0.3 is 0 Å². The lowest BCUT2D eigenvalue weighted by Gasteiger charge is -2.39. The minimum Gasteiger partial charge on any atom is -0.324 e. The van der Waals surface area contributed by atoms with Crippen LogP contribution in [0.1, 0.15) is 287 Å². The van der Waals surface area contributed by atoms with E-state index in [4.69, 9.17) is 0 Å². The van der Waals surface area contributed by atoms with Gasteiger partial charge in [0.25, 0.3) is 0 Å². The predicted molar refractivity (Wildman–Crippen MR) is 266 cm³/mol. The molecule has 0 spiro atoms. The lowest BCUT2D eigenvalue weighted by molar-refractivity contribution is -0.929. The minimum atomic E-state index is 0. The van der Waals surface area contributed by atoms with Crippen molar-refractivity contribution in [3.05, 3.63) is 0 Å². The molecule has 0 aliphatic carbocycles. The molecule has 55 heavy (non-hydrogen) atoms. The largest absolute Gasteiger partial charge is 0.324 e. The first kappa shape index (κ1) is 60.0. The van der Waals surface area contributed by atoms with E-state index in [-0.39, 0.29) is 24.0 Å². The lowest BCUT2D eigenvalue weighted by atomic mass is 10.1. The molecule has 0 aromatic carbocycles. The average molecular weight is 893 g/mol. The van der Waals surface area contributed by atoms with E-state index >= 15 is 0 Å². The molecule has 0 rings (SSSR count). The van der Waals surface area contributed by atoms with Crippen LogP contribution in [0.5, 0.6) is 0 Å². The topological polar surface area (TPSA) is 0 Å². The summed E-state index contributed by atoms with van der Waals surface area (Å²) in [4.78, 5) is 0. The Hall–Kier alpha value is 0.650. The number of quaternary nitrogens is 2. The zero-order valence-electron chi connectivity index (χ0n) is 40.4. The molecule has 0 saturated heterocycles. The summed E-state index contributed by atoms with van der Waals surface area (Å²) in [6.45, 7) is 30.4. The molecule has 0 aliphatic heterocycles. The molecule has 0 bridgehead atoms. The molecule has 0 unspecified atom stereocenters. The Balaban J connectivity index is -0.000000976. The van der Waals surface area contributed by atoms with E-state index < -0.39 is 0 Å². The van der Waals surface area contributed by atoms with Gasteiger partial charge in [-0.15, -0.1) is 24.0 Å². The first-order valence-electron chi connectivity index (χ1n) is 26.2. The second-order valence-corrected chi connectivity index (χ2v) is 18.4. The van der Waals surface area contributed by atoms with Crippen molar-refractivity contribution in [2.45, 2.75) is 287 Å². The third-order valence-electron chi connectivity index (χ3n) is 12.9. The van der Waals surface area contributed by atoms with Crippen molar-refractivity contribution in [3.63, 3.8) is 0 Å². The van der Waals surface area contributed by atoms with Gasteiger partial charge in [-0.1, -0.05) is 184 Å². The quantitative estimate of drug-likeness (QED) is 0.0325. The molecular formula is C52H113IN2+2. The Morgan fingerprint density at radius 2 is 0.273 bits per heavy atom. The van der Waals surface area contributed by atoms with E-state index in [1.165, 1.54) is 292 Å². The molecular weight excluding hydrogens is 779 g/mol. The molecule has 336 valence electrons. The third kappa shape index (κ3) is 41.2. The maximum Gasteiger partial charge on any atom is 0.0786 e. The fraction of sp³-hybridized carbons (Fsp3) is 1.00. The van der Waals surface area contributed by atoms with Crippen LogP contribution in [0.3, 0.4) is 0 Å². The van der Waals surface area contributed by atoms with Crippen molar-refractivity contribution >= 4 is 24.0 Å². The van der Waals surface area contributed by atoms with E-state index in [1.54, 1.807) is 0 Å². The summed E-state index contributed by atoms with van der Waals surface area (Å²) >= 11 is 0. The maximum absolute atomic E-state index is 2.34. The Kier molecular flexibility index (Phi) is 53.4. The Bertz CT molecular complexity index is 551. The van der Waals surface area contributed by atoms with Gasteiger partial charge < -0.3 is 8.97 Å². The second-order valence-electron chi connectivity index (χ2n) is 18.4. The average Bonchev–Trinajstić information content (AvgIpc) is 3.18. The standard InChI is InChI=1S/C28H60N.C24H52N.HI/c1-5-9-13-17-21-25-29(26-22-18-14-10-6-2,27-23-19-15-11-7-3)28-24-20-16-12-8-4;1-5-9-13-17-21-25(22-18-14-10-6-2,23-19-15-11-7-3)24-20-16-12-8-4;/h5-28H2,1-4H3;5-24H2,1-4H3;1H/q2*+1;. The van der Waals surface area contributed by atoms with Crippen molar-refractivity contribution < 1.29 is 8.97 Å². The van der Waals surface area contributed by atoms with Crippen molar-refractivity contribution in [2.24, 2.45) is 0 Å². The van der Waals surface area contributed by atoms with Gasteiger partial charge in [0.15, 0.2) is 0 Å². The molecule has 0 aromatic rings. The normalized spacial score (nSPS) is 11.8. The first-order valence-corrected chi connectivity index (χ1v) is 26.2. The predicted octanol–water partition coefficient (Wildman–Crippen LogP) is 18.4. The van der Waals surface area contributed by atoms with Crippen LogP contribution in [0.25, 0.3) is 0 Å². The highest BCUT2D eigenvalue weighted by molar-refractivity contribution is 14.0.